The highest BCUT2D eigenvalue weighted by molar-refractivity contribution is 14.1. The number of halogens is 1. The van der Waals surface area contributed by atoms with Crippen molar-refractivity contribution in [1.29, 1.82) is 0 Å². The highest BCUT2D eigenvalue weighted by Crippen LogP contribution is 2.45. The lowest BCUT2D eigenvalue weighted by molar-refractivity contribution is 0.00578. The molecule has 3 aromatic carbocycles. The van der Waals surface area contributed by atoms with Gasteiger partial charge in [-0.25, -0.2) is 0 Å². The Morgan fingerprint density at radius 3 is 1.14 bits per heavy atom. The van der Waals surface area contributed by atoms with Crippen LogP contribution in [0.1, 0.15) is 184 Å². The van der Waals surface area contributed by atoms with E-state index in [9.17, 15) is 14.4 Å². The van der Waals surface area contributed by atoms with Crippen LogP contribution in [-0.4, -0.2) is 106 Å². The molecule has 118 heavy (non-hydrogen) atoms. The van der Waals surface area contributed by atoms with E-state index in [-0.39, 0.29) is 40.9 Å². The third-order valence-electron chi connectivity index (χ3n) is 24.6. The van der Waals surface area contributed by atoms with E-state index in [0.717, 1.165) is 151 Å². The van der Waals surface area contributed by atoms with Gasteiger partial charge in [-0.1, -0.05) is 44.1 Å². The van der Waals surface area contributed by atoms with E-state index in [1.807, 2.05) is 154 Å². The summed E-state index contributed by atoms with van der Waals surface area (Å²) in [6.45, 7) is 27.2. The van der Waals surface area contributed by atoms with Crippen molar-refractivity contribution < 1.29 is 9.31 Å². The standard InChI is InChI=1S/C29H30N6O.C29H28N6O.C26H23IN6O.C9H17BO2/c2*1-17(2)23-16-34(14-18-4-5-18)28-26(20-8-10-24(30-13-20)19-6-7-19)29(36)35(32-27(23)28)22-9-11-25-21(12-22)15-33(3)31-25;1-31-13-18-10-19(7-9-22(18)29-31)33-26(34)23(17-6-8-21(28-11-17)16-4-5-16)25-24(30-33)20(27)14-32(25)12-15-2-3-15;1-7(2)10-11-8(3,4)9(5,6)12-10/h8-13,15-19H,4-7,14H2,1-3H3;8-13,15-16,18-19H,1,4-7,14H2,2-3H3;6-11,13-16H,2-5,12H2,1H3;1H2,2-6H3. The lowest BCUT2D eigenvalue weighted by atomic mass is 9.81. The van der Waals surface area contributed by atoms with Gasteiger partial charge in [-0.3, -0.25) is 43.4 Å². The summed E-state index contributed by atoms with van der Waals surface area (Å²) >= 11 is 2.34. The van der Waals surface area contributed by atoms with Crippen LogP contribution in [-0.2, 0) is 50.1 Å². The van der Waals surface area contributed by atoms with E-state index in [1.54, 1.807) is 23.4 Å². The van der Waals surface area contributed by atoms with Crippen LogP contribution in [0.3, 0.4) is 0 Å². The molecule has 6 saturated carbocycles. The number of rotatable bonds is 18. The number of fused-ring (bicyclic) bond motifs is 6. The molecule has 13 heterocycles. The highest BCUT2D eigenvalue weighted by atomic mass is 127. The number of aryl methyl sites for hydroxylation is 3. The van der Waals surface area contributed by atoms with Gasteiger partial charge in [-0.05, 0) is 243 Å². The average molecular weight is 1690 g/mol. The monoisotopic (exact) mass is 1680 g/mol. The molecule has 12 aromatic heterocycles. The second-order valence-corrected chi connectivity index (χ2v) is 36.7. The predicted octanol–water partition coefficient (Wildman–Crippen LogP) is 18.2. The lowest BCUT2D eigenvalue weighted by Crippen LogP contribution is -2.41. The van der Waals surface area contributed by atoms with Crippen LogP contribution in [0.25, 0.3) is 122 Å². The fourth-order valence-electron chi connectivity index (χ4n) is 16.3. The minimum atomic E-state index is -0.241. The number of benzene rings is 3. The molecule has 7 aliphatic rings. The lowest BCUT2D eigenvalue weighted by Gasteiger charge is -2.32. The first-order valence-electron chi connectivity index (χ1n) is 41.7. The molecule has 0 atom stereocenters. The minimum Gasteiger partial charge on any atom is -0.400 e. The second kappa shape index (κ2) is 29.8. The number of allylic oxidation sites excluding steroid dienone is 2. The summed E-state index contributed by atoms with van der Waals surface area (Å²) in [6.07, 6.45) is 32.7. The molecule has 0 bridgehead atoms. The SMILES string of the molecule is C=C(C)B1OC(C)(C)C(C)(C)O1.C=C(C)c1cn(CC2CC2)c2c(-c3ccc(C4CC4)nc3)c(=O)n(-c3ccc4nn(C)cc4c3)nc12.CC(C)c1cn(CC2CC2)c2c(-c3ccc(C4CC4)nc3)c(=O)n(-c3ccc4nn(C)cc4c3)nc12.Cn1cc2cc(-n3nc4c(I)cn(CC5CC5)c4c(-c4ccc(C5CC5)nc4)c3=O)ccc2n1. The summed E-state index contributed by atoms with van der Waals surface area (Å²) < 4.78 is 29.2. The Morgan fingerprint density at radius 2 is 0.805 bits per heavy atom. The molecule has 23 nitrogen and oxygen atoms in total. The van der Waals surface area contributed by atoms with Crippen molar-refractivity contribution in [3.8, 4) is 50.4 Å². The number of hydrogen-bond acceptors (Lipinski definition) is 14. The quantitative estimate of drug-likeness (QED) is 0.0575. The topological polar surface area (TPSA) is 230 Å². The Hall–Kier alpha value is -11.0. The van der Waals surface area contributed by atoms with E-state index in [1.165, 1.54) is 87.3 Å². The highest BCUT2D eigenvalue weighted by Gasteiger charge is 2.51. The van der Waals surface area contributed by atoms with Crippen LogP contribution in [0.4, 0.5) is 0 Å². The minimum absolute atomic E-state index is 0.114. The first-order valence-corrected chi connectivity index (χ1v) is 42.8. The summed E-state index contributed by atoms with van der Waals surface area (Å²) in [4.78, 5) is 56.7. The molecule has 25 heteroatoms. The van der Waals surface area contributed by atoms with Crippen molar-refractivity contribution in [3.05, 3.63) is 228 Å². The molecule has 0 amide bonds. The molecule has 15 aromatic rings. The van der Waals surface area contributed by atoms with Crippen LogP contribution in [0.15, 0.2) is 180 Å². The van der Waals surface area contributed by atoms with Gasteiger partial charge in [0.15, 0.2) is 0 Å². The van der Waals surface area contributed by atoms with E-state index < -0.39 is 0 Å². The number of aromatic nitrogens is 18. The second-order valence-electron chi connectivity index (χ2n) is 35.5. The molecule has 1 saturated heterocycles. The van der Waals surface area contributed by atoms with Crippen LogP contribution in [0.5, 0.6) is 0 Å². The van der Waals surface area contributed by atoms with Gasteiger partial charge in [0.25, 0.3) is 16.7 Å². The van der Waals surface area contributed by atoms with Gasteiger partial charge >= 0.3 is 7.12 Å². The van der Waals surface area contributed by atoms with Gasteiger partial charge in [-0.15, -0.1) is 6.58 Å². The fraction of sp³-hybridized carbons (Fsp3) is 0.376. The Bertz CT molecular complexity index is 6710. The molecular weight excluding hydrogens is 1590 g/mol. The van der Waals surface area contributed by atoms with Gasteiger partial charge in [0.05, 0.1) is 81.6 Å². The van der Waals surface area contributed by atoms with Crippen LogP contribution in [0.2, 0.25) is 0 Å². The number of pyridine rings is 3. The van der Waals surface area contributed by atoms with Crippen molar-refractivity contribution in [2.24, 2.45) is 38.9 Å². The van der Waals surface area contributed by atoms with Crippen molar-refractivity contribution in [2.75, 3.05) is 0 Å². The smallest absolute Gasteiger partial charge is 0.400 e. The summed E-state index contributed by atoms with van der Waals surface area (Å²) in [5.74, 6) is 4.02. The zero-order chi connectivity index (χ0) is 81.6. The van der Waals surface area contributed by atoms with Crippen molar-refractivity contribution in [3.63, 3.8) is 0 Å². The third kappa shape index (κ3) is 15.0. The maximum absolute atomic E-state index is 14.2. The Labute approximate surface area is 697 Å². The molecule has 0 spiro atoms. The molecule has 1 aliphatic heterocycles. The maximum atomic E-state index is 14.2. The van der Waals surface area contributed by atoms with Gasteiger partial charge in [0.1, 0.15) is 16.6 Å². The molecule has 0 unspecified atom stereocenters. The van der Waals surface area contributed by atoms with E-state index in [4.69, 9.17) is 39.6 Å². The summed E-state index contributed by atoms with van der Waals surface area (Å²) in [6, 6.07) is 30.0. The average Bonchev–Trinajstić information content (AvgIpc) is 1.26. The third-order valence-corrected chi connectivity index (χ3v) is 25.4. The van der Waals surface area contributed by atoms with E-state index >= 15 is 0 Å². The fourth-order valence-corrected chi connectivity index (χ4v) is 17.0. The van der Waals surface area contributed by atoms with E-state index in [2.05, 4.69) is 134 Å². The maximum Gasteiger partial charge on any atom is 0.489 e. The van der Waals surface area contributed by atoms with Crippen LogP contribution in [0, 0.1) is 21.3 Å². The zero-order valence-corrected chi connectivity index (χ0v) is 71.1. The van der Waals surface area contributed by atoms with E-state index in [0.29, 0.717) is 57.9 Å². The zero-order valence-electron chi connectivity index (χ0n) is 69.0. The summed E-state index contributed by atoms with van der Waals surface area (Å²) in [5, 5.41) is 31.2. The molecule has 6 aliphatic carbocycles. The van der Waals surface area contributed by atoms with Crippen molar-refractivity contribution in [2.45, 2.75) is 187 Å². The van der Waals surface area contributed by atoms with Crippen molar-refractivity contribution in [1.82, 2.24) is 87.3 Å². The molecule has 0 N–H and O–H groups in total. The molecule has 22 rings (SSSR count). The number of hydrogen-bond donors (Lipinski definition) is 0. The van der Waals surface area contributed by atoms with Crippen LogP contribution >= 0.6 is 22.6 Å². The van der Waals surface area contributed by atoms with Crippen molar-refractivity contribution >= 4 is 101 Å². The Balaban J connectivity index is 0.000000110. The van der Waals surface area contributed by atoms with Gasteiger partial charge in [0.2, 0.25) is 0 Å². The summed E-state index contributed by atoms with van der Waals surface area (Å²) in [5.41, 5.74) is 21.2. The molecular formula is C93H98BIN18O5. The molecule has 7 fully saturated rings. The Kier molecular flexibility index (Phi) is 19.4. The first-order chi connectivity index (χ1) is 56.7. The normalized spacial score (nSPS) is 16.9. The first kappa shape index (κ1) is 76.9. The number of nitrogens with zero attached hydrogens (tertiary/aromatic N) is 18. The predicted molar refractivity (Wildman–Crippen MR) is 475 cm³/mol. The van der Waals surface area contributed by atoms with Gasteiger partial charge < -0.3 is 23.0 Å². The Morgan fingerprint density at radius 1 is 0.458 bits per heavy atom. The molecule has 600 valence electrons. The van der Waals surface area contributed by atoms with Gasteiger partial charge in [-0.2, -0.15) is 44.6 Å². The van der Waals surface area contributed by atoms with Gasteiger partial charge in [0, 0.05) is 175 Å². The van der Waals surface area contributed by atoms with Crippen LogP contribution < -0.4 is 16.7 Å². The summed E-state index contributed by atoms with van der Waals surface area (Å²) in [7, 11) is 5.46. The molecule has 0 radical (unpaired) electrons. The largest absolute Gasteiger partial charge is 0.489 e.